The highest BCUT2D eigenvalue weighted by atomic mass is 16.2. The lowest BCUT2D eigenvalue weighted by atomic mass is 10.2. The number of aromatic nitrogens is 3. The summed E-state index contributed by atoms with van der Waals surface area (Å²) in [5.41, 5.74) is 0. The quantitative estimate of drug-likeness (QED) is 0.832. The van der Waals surface area contributed by atoms with Crippen molar-refractivity contribution in [1.29, 1.82) is 0 Å². The third-order valence-corrected chi connectivity index (χ3v) is 3.88. The summed E-state index contributed by atoms with van der Waals surface area (Å²) < 4.78 is 2.17. The van der Waals surface area contributed by atoms with E-state index in [-0.39, 0.29) is 18.1 Å². The number of nitrogens with one attached hydrogen (secondary N) is 2. The van der Waals surface area contributed by atoms with E-state index in [1.807, 2.05) is 18.7 Å². The number of carbonyl (C=O) groups is 1. The van der Waals surface area contributed by atoms with Gasteiger partial charge >= 0.3 is 6.03 Å². The van der Waals surface area contributed by atoms with Gasteiger partial charge in [0.15, 0.2) is 5.82 Å². The third-order valence-electron chi connectivity index (χ3n) is 3.88. The predicted octanol–water partition coefficient (Wildman–Crippen LogP) is 0.636. The maximum Gasteiger partial charge on any atom is 0.318 e. The van der Waals surface area contributed by atoms with Crippen molar-refractivity contribution in [2.24, 2.45) is 0 Å². The number of hydrogen-bond donors (Lipinski definition) is 2. The molecule has 2 amide bonds. The Morgan fingerprint density at radius 1 is 1.40 bits per heavy atom. The zero-order valence-corrected chi connectivity index (χ0v) is 12.1. The molecule has 1 aromatic heterocycles. The Morgan fingerprint density at radius 2 is 2.25 bits per heavy atom. The molecule has 1 saturated heterocycles. The van der Waals surface area contributed by atoms with Crippen molar-refractivity contribution in [1.82, 2.24) is 30.3 Å². The van der Waals surface area contributed by atoms with E-state index >= 15 is 0 Å². The van der Waals surface area contributed by atoms with Crippen molar-refractivity contribution in [3.63, 3.8) is 0 Å². The Labute approximate surface area is 118 Å². The van der Waals surface area contributed by atoms with E-state index in [4.69, 9.17) is 0 Å². The van der Waals surface area contributed by atoms with Gasteiger partial charge in [0.05, 0.1) is 12.6 Å². The largest absolute Gasteiger partial charge is 0.336 e. The summed E-state index contributed by atoms with van der Waals surface area (Å²) in [6.45, 7) is 7.33. The van der Waals surface area contributed by atoms with Crippen LogP contribution in [0.4, 0.5) is 4.79 Å². The summed E-state index contributed by atoms with van der Waals surface area (Å²) in [6, 6.07) is 0.224. The second-order valence-electron chi connectivity index (χ2n) is 5.76. The molecule has 7 nitrogen and oxygen atoms in total. The summed E-state index contributed by atoms with van der Waals surface area (Å²) in [4.78, 5) is 14.2. The Bertz CT molecular complexity index is 497. The Morgan fingerprint density at radius 3 is 3.05 bits per heavy atom. The van der Waals surface area contributed by atoms with Crippen molar-refractivity contribution in [3.05, 3.63) is 11.6 Å². The van der Waals surface area contributed by atoms with E-state index in [9.17, 15) is 4.79 Å². The van der Waals surface area contributed by atoms with Crippen molar-refractivity contribution >= 4 is 6.03 Å². The van der Waals surface area contributed by atoms with Gasteiger partial charge in [-0.2, -0.15) is 0 Å². The second-order valence-corrected chi connectivity index (χ2v) is 5.76. The molecule has 20 heavy (non-hydrogen) atoms. The van der Waals surface area contributed by atoms with Crippen LogP contribution in [0.3, 0.4) is 0 Å². The zero-order chi connectivity index (χ0) is 14.1. The van der Waals surface area contributed by atoms with Crippen molar-refractivity contribution < 1.29 is 4.79 Å². The predicted molar refractivity (Wildman–Crippen MR) is 74.1 cm³/mol. The number of urea groups is 1. The fourth-order valence-electron chi connectivity index (χ4n) is 2.97. The van der Waals surface area contributed by atoms with Crippen LogP contribution in [0.15, 0.2) is 0 Å². The van der Waals surface area contributed by atoms with Gasteiger partial charge in [0.1, 0.15) is 5.82 Å². The lowest BCUT2D eigenvalue weighted by Crippen LogP contribution is -2.43. The molecule has 2 N–H and O–H groups in total. The van der Waals surface area contributed by atoms with E-state index in [0.717, 1.165) is 50.7 Å². The summed E-state index contributed by atoms with van der Waals surface area (Å²) >= 11 is 0. The Hall–Kier alpha value is -1.63. The van der Waals surface area contributed by atoms with Crippen LogP contribution < -0.4 is 10.6 Å². The van der Waals surface area contributed by atoms with Gasteiger partial charge in [0.25, 0.3) is 0 Å². The molecule has 0 saturated carbocycles. The highest BCUT2D eigenvalue weighted by Gasteiger charge is 2.34. The van der Waals surface area contributed by atoms with E-state index in [2.05, 4.69) is 25.4 Å². The molecule has 1 atom stereocenters. The number of fused-ring (bicyclic) bond motifs is 1. The number of hydrogen-bond acceptors (Lipinski definition) is 4. The van der Waals surface area contributed by atoms with Crippen LogP contribution in [0.25, 0.3) is 0 Å². The van der Waals surface area contributed by atoms with Crippen molar-refractivity contribution in [3.8, 4) is 0 Å². The fourth-order valence-corrected chi connectivity index (χ4v) is 2.97. The van der Waals surface area contributed by atoms with Crippen molar-refractivity contribution in [2.45, 2.75) is 51.9 Å². The molecule has 0 aromatic carbocycles. The molecule has 2 aliphatic rings. The molecule has 0 spiro atoms. The minimum absolute atomic E-state index is 0.00813. The van der Waals surface area contributed by atoms with E-state index < -0.39 is 0 Å². The van der Waals surface area contributed by atoms with Gasteiger partial charge in [-0.15, -0.1) is 10.2 Å². The summed E-state index contributed by atoms with van der Waals surface area (Å²) in [7, 11) is 0. The number of amides is 2. The van der Waals surface area contributed by atoms with Gasteiger partial charge in [0, 0.05) is 25.7 Å². The highest BCUT2D eigenvalue weighted by Crippen LogP contribution is 2.31. The van der Waals surface area contributed by atoms with Crippen LogP contribution in [0.5, 0.6) is 0 Å². The number of rotatable bonds is 2. The van der Waals surface area contributed by atoms with E-state index in [0.29, 0.717) is 0 Å². The standard InChI is InChI=1S/C13H22N6O/c1-9(2)15-13(20)18-6-3-4-10(18)12-17-16-11-8-14-5-7-19(11)12/h9-10,14H,3-8H2,1-2H3,(H,15,20). The molecule has 110 valence electrons. The SMILES string of the molecule is CC(C)NC(=O)N1CCCC1c1nnc2n1CCNC2. The molecule has 2 aliphatic heterocycles. The summed E-state index contributed by atoms with van der Waals surface area (Å²) in [6.07, 6.45) is 1.99. The van der Waals surface area contributed by atoms with Crippen LogP contribution >= 0.6 is 0 Å². The topological polar surface area (TPSA) is 75.1 Å². The first-order valence-electron chi connectivity index (χ1n) is 7.36. The molecule has 3 rings (SSSR count). The number of nitrogens with zero attached hydrogens (tertiary/aromatic N) is 4. The lowest BCUT2D eigenvalue weighted by Gasteiger charge is -2.26. The first-order chi connectivity index (χ1) is 9.66. The smallest absolute Gasteiger partial charge is 0.318 e. The minimum atomic E-state index is 0.00813. The van der Waals surface area contributed by atoms with Gasteiger partial charge in [0.2, 0.25) is 0 Å². The fraction of sp³-hybridized carbons (Fsp3) is 0.769. The Balaban J connectivity index is 1.82. The van der Waals surface area contributed by atoms with Gasteiger partial charge in [-0.05, 0) is 26.7 Å². The van der Waals surface area contributed by atoms with Crippen LogP contribution in [0.1, 0.15) is 44.4 Å². The number of likely N-dealkylation sites (tertiary alicyclic amines) is 1. The average molecular weight is 278 g/mol. The Kier molecular flexibility index (Phi) is 3.60. The molecule has 1 unspecified atom stereocenters. The first kappa shape index (κ1) is 13.4. The maximum absolute atomic E-state index is 12.3. The summed E-state index contributed by atoms with van der Waals surface area (Å²) in [5, 5.41) is 14.9. The normalized spacial score (nSPS) is 22.1. The average Bonchev–Trinajstić information content (AvgIpc) is 3.03. The molecule has 0 radical (unpaired) electrons. The molecule has 0 aliphatic carbocycles. The molecule has 3 heterocycles. The van der Waals surface area contributed by atoms with Gasteiger partial charge in [-0.3, -0.25) is 0 Å². The minimum Gasteiger partial charge on any atom is -0.336 e. The molecular formula is C13H22N6O. The van der Waals surface area contributed by atoms with Gasteiger partial charge < -0.3 is 20.1 Å². The monoisotopic (exact) mass is 278 g/mol. The van der Waals surface area contributed by atoms with Crippen LogP contribution in [-0.2, 0) is 13.1 Å². The molecule has 0 bridgehead atoms. The second kappa shape index (κ2) is 5.40. The first-order valence-corrected chi connectivity index (χ1v) is 7.36. The summed E-state index contributed by atoms with van der Waals surface area (Å²) in [5.74, 6) is 1.92. The molecule has 1 fully saturated rings. The van der Waals surface area contributed by atoms with Crippen LogP contribution in [-0.4, -0.2) is 44.8 Å². The molecular weight excluding hydrogens is 256 g/mol. The van der Waals surface area contributed by atoms with E-state index in [1.165, 1.54) is 0 Å². The maximum atomic E-state index is 12.3. The third kappa shape index (κ3) is 2.37. The van der Waals surface area contributed by atoms with Gasteiger partial charge in [-0.25, -0.2) is 4.79 Å². The lowest BCUT2D eigenvalue weighted by molar-refractivity contribution is 0.187. The zero-order valence-electron chi connectivity index (χ0n) is 12.1. The molecule has 7 heteroatoms. The van der Waals surface area contributed by atoms with Crippen LogP contribution in [0.2, 0.25) is 0 Å². The van der Waals surface area contributed by atoms with Crippen molar-refractivity contribution in [2.75, 3.05) is 13.1 Å². The highest BCUT2D eigenvalue weighted by molar-refractivity contribution is 5.75. The van der Waals surface area contributed by atoms with E-state index in [1.54, 1.807) is 0 Å². The molecule has 1 aromatic rings. The van der Waals surface area contributed by atoms with Gasteiger partial charge in [-0.1, -0.05) is 0 Å². The number of carbonyl (C=O) groups excluding carboxylic acids is 1. The van der Waals surface area contributed by atoms with Crippen LogP contribution in [0, 0.1) is 0 Å².